The molecule has 0 aliphatic carbocycles. The van der Waals surface area contributed by atoms with Crippen LogP contribution in [0, 0.1) is 13.8 Å². The number of methoxy groups -OCH3 is 1. The largest absolute Gasteiger partial charge is 0.508 e. The van der Waals surface area contributed by atoms with E-state index < -0.39 is 23.7 Å². The number of aromatic hydroxyl groups is 1. The van der Waals surface area contributed by atoms with Gasteiger partial charge in [0, 0.05) is 5.69 Å². The molecule has 1 aliphatic rings. The number of benzene rings is 3. The maximum atomic E-state index is 13.4. The Morgan fingerprint density at radius 3 is 2.26 bits per heavy atom. The maximum Gasteiger partial charge on any atom is 0.338 e. The summed E-state index contributed by atoms with van der Waals surface area (Å²) in [6, 6.07) is 14.8. The number of aliphatic hydroxyl groups is 1. The van der Waals surface area contributed by atoms with E-state index in [4.69, 9.17) is 9.47 Å². The van der Waals surface area contributed by atoms with Crippen molar-refractivity contribution in [2.75, 3.05) is 18.6 Å². The molecule has 0 bridgehead atoms. The highest BCUT2D eigenvalue weighted by Gasteiger charge is 2.47. The Hall–Kier alpha value is -4.59. The van der Waals surface area contributed by atoms with Gasteiger partial charge in [-0.15, -0.1) is 0 Å². The summed E-state index contributed by atoms with van der Waals surface area (Å²) in [6.07, 6.45) is 0.687. The lowest BCUT2D eigenvalue weighted by atomic mass is 9.93. The zero-order valence-corrected chi connectivity index (χ0v) is 21.6. The van der Waals surface area contributed by atoms with E-state index in [1.54, 1.807) is 30.3 Å². The van der Waals surface area contributed by atoms with Crippen molar-refractivity contribution < 1.29 is 34.1 Å². The van der Waals surface area contributed by atoms with Gasteiger partial charge < -0.3 is 19.7 Å². The number of ketones is 1. The smallest absolute Gasteiger partial charge is 0.338 e. The Bertz CT molecular complexity index is 1420. The number of phenols is 1. The van der Waals surface area contributed by atoms with Crippen molar-refractivity contribution in [2.45, 2.75) is 33.2 Å². The van der Waals surface area contributed by atoms with E-state index in [0.29, 0.717) is 34.5 Å². The summed E-state index contributed by atoms with van der Waals surface area (Å²) in [4.78, 5) is 40.4. The minimum Gasteiger partial charge on any atom is -0.508 e. The average molecular weight is 516 g/mol. The predicted octanol–water partition coefficient (Wildman–Crippen LogP) is 5.21. The normalized spacial score (nSPS) is 16.5. The van der Waals surface area contributed by atoms with Gasteiger partial charge in [-0.3, -0.25) is 14.5 Å². The molecule has 38 heavy (non-hydrogen) atoms. The number of nitrogens with zero attached hydrogens (tertiary/aromatic N) is 1. The summed E-state index contributed by atoms with van der Waals surface area (Å²) in [6.45, 7) is 5.86. The number of carbonyl (C=O) groups is 3. The van der Waals surface area contributed by atoms with Gasteiger partial charge in [0.05, 0.1) is 36.5 Å². The number of Topliss-reactive ketones (excluding diaryl/α,β-unsaturated/α-hetero) is 1. The first-order chi connectivity index (χ1) is 18.2. The van der Waals surface area contributed by atoms with Crippen LogP contribution >= 0.6 is 0 Å². The Kier molecular flexibility index (Phi) is 7.52. The number of hydrogen-bond donors (Lipinski definition) is 2. The van der Waals surface area contributed by atoms with Crippen LogP contribution in [0.15, 0.2) is 66.2 Å². The lowest BCUT2D eigenvalue weighted by Crippen LogP contribution is -2.29. The summed E-state index contributed by atoms with van der Waals surface area (Å²) in [5.74, 6) is -2.16. The van der Waals surface area contributed by atoms with Gasteiger partial charge in [0.1, 0.15) is 17.3 Å². The van der Waals surface area contributed by atoms with Crippen molar-refractivity contribution in [3.8, 4) is 11.5 Å². The molecule has 1 aliphatic heterocycles. The molecule has 4 rings (SSSR count). The van der Waals surface area contributed by atoms with Crippen LogP contribution in [0.2, 0.25) is 0 Å². The molecule has 196 valence electrons. The van der Waals surface area contributed by atoms with Crippen molar-refractivity contribution in [1.82, 2.24) is 0 Å². The highest BCUT2D eigenvalue weighted by Crippen LogP contribution is 2.44. The Balaban J connectivity index is 1.89. The van der Waals surface area contributed by atoms with E-state index >= 15 is 0 Å². The SMILES string of the molecule is CCCOC(=O)c1ccc(N2C(=O)C(=O)/C(=C(/O)c3cc(C)cc(C)c3OC)C2c2ccc(O)cc2)cc1. The molecule has 0 aromatic heterocycles. The number of carbonyl (C=O) groups excluding carboxylic acids is 3. The van der Waals surface area contributed by atoms with E-state index in [-0.39, 0.29) is 23.7 Å². The summed E-state index contributed by atoms with van der Waals surface area (Å²) in [5, 5.41) is 21.4. The first-order valence-corrected chi connectivity index (χ1v) is 12.2. The van der Waals surface area contributed by atoms with Gasteiger partial charge in [-0.05, 0) is 79.4 Å². The number of aryl methyl sites for hydroxylation is 2. The minimum absolute atomic E-state index is 0.0108. The Labute approximate surface area is 220 Å². The molecule has 1 saturated heterocycles. The highest BCUT2D eigenvalue weighted by molar-refractivity contribution is 6.51. The topological polar surface area (TPSA) is 113 Å². The van der Waals surface area contributed by atoms with Crippen LogP contribution in [0.25, 0.3) is 5.76 Å². The first-order valence-electron chi connectivity index (χ1n) is 12.2. The number of hydrogen-bond acceptors (Lipinski definition) is 7. The lowest BCUT2D eigenvalue weighted by Gasteiger charge is -2.26. The lowest BCUT2D eigenvalue weighted by molar-refractivity contribution is -0.132. The third-order valence-electron chi connectivity index (χ3n) is 6.35. The predicted molar refractivity (Wildman–Crippen MR) is 142 cm³/mol. The fourth-order valence-corrected chi connectivity index (χ4v) is 4.65. The van der Waals surface area contributed by atoms with Crippen molar-refractivity contribution in [3.63, 3.8) is 0 Å². The number of phenolic OH excluding ortho intramolecular Hbond substituents is 1. The molecule has 8 heteroatoms. The summed E-state index contributed by atoms with van der Waals surface area (Å²) < 4.78 is 10.7. The van der Waals surface area contributed by atoms with Gasteiger partial charge in [0.25, 0.3) is 11.7 Å². The van der Waals surface area contributed by atoms with Crippen LogP contribution in [0.5, 0.6) is 11.5 Å². The number of esters is 1. The third-order valence-corrected chi connectivity index (χ3v) is 6.35. The second-order valence-electron chi connectivity index (χ2n) is 9.11. The van der Waals surface area contributed by atoms with E-state index in [2.05, 4.69) is 0 Å². The summed E-state index contributed by atoms with van der Waals surface area (Å²) >= 11 is 0. The first kappa shape index (κ1) is 26.5. The standard InChI is InChI=1S/C30H29NO7/c1-5-14-38-30(36)20-6-10-21(11-7-20)31-25(19-8-12-22(32)13-9-19)24(27(34)29(31)35)26(33)23-16-17(2)15-18(3)28(23)37-4/h6-13,15-16,25,32-33H,5,14H2,1-4H3/b26-24+. The molecule has 0 radical (unpaired) electrons. The second kappa shape index (κ2) is 10.8. The Morgan fingerprint density at radius 2 is 1.66 bits per heavy atom. The monoisotopic (exact) mass is 515 g/mol. The van der Waals surface area contributed by atoms with Gasteiger partial charge >= 0.3 is 5.97 Å². The van der Waals surface area contributed by atoms with E-state index in [9.17, 15) is 24.6 Å². The average Bonchev–Trinajstić information content (AvgIpc) is 3.17. The number of anilines is 1. The number of ether oxygens (including phenoxy) is 2. The van der Waals surface area contributed by atoms with Crippen LogP contribution in [-0.2, 0) is 14.3 Å². The molecule has 3 aromatic rings. The molecule has 1 unspecified atom stereocenters. The molecule has 8 nitrogen and oxygen atoms in total. The van der Waals surface area contributed by atoms with Crippen molar-refractivity contribution in [2.24, 2.45) is 0 Å². The van der Waals surface area contributed by atoms with Gasteiger partial charge in [-0.25, -0.2) is 4.79 Å². The number of amides is 1. The summed E-state index contributed by atoms with van der Waals surface area (Å²) in [5.41, 5.74) is 2.93. The summed E-state index contributed by atoms with van der Waals surface area (Å²) in [7, 11) is 1.47. The van der Waals surface area contributed by atoms with Crippen LogP contribution in [0.3, 0.4) is 0 Å². The van der Waals surface area contributed by atoms with Crippen LogP contribution in [-0.4, -0.2) is 41.6 Å². The molecular weight excluding hydrogens is 486 g/mol. The zero-order valence-electron chi connectivity index (χ0n) is 21.6. The molecule has 1 fully saturated rings. The van der Waals surface area contributed by atoms with E-state index in [1.165, 1.54) is 36.3 Å². The van der Waals surface area contributed by atoms with Crippen LogP contribution < -0.4 is 9.64 Å². The van der Waals surface area contributed by atoms with Crippen LogP contribution in [0.4, 0.5) is 5.69 Å². The molecule has 1 amide bonds. The van der Waals surface area contributed by atoms with Crippen molar-refractivity contribution >= 4 is 29.1 Å². The second-order valence-corrected chi connectivity index (χ2v) is 9.11. The number of rotatable bonds is 7. The zero-order chi connectivity index (χ0) is 27.6. The van der Waals surface area contributed by atoms with Crippen molar-refractivity contribution in [3.05, 3.63) is 94.1 Å². The van der Waals surface area contributed by atoms with Gasteiger partial charge in [0.2, 0.25) is 0 Å². The van der Waals surface area contributed by atoms with Gasteiger partial charge in [-0.2, -0.15) is 0 Å². The molecular formula is C30H29NO7. The molecule has 0 saturated carbocycles. The maximum absolute atomic E-state index is 13.4. The molecule has 1 atom stereocenters. The van der Waals surface area contributed by atoms with Crippen molar-refractivity contribution in [1.29, 1.82) is 0 Å². The fraction of sp³-hybridized carbons (Fsp3) is 0.233. The highest BCUT2D eigenvalue weighted by atomic mass is 16.5. The fourth-order valence-electron chi connectivity index (χ4n) is 4.65. The van der Waals surface area contributed by atoms with Crippen LogP contribution in [0.1, 0.15) is 52.0 Å². The van der Waals surface area contributed by atoms with E-state index in [1.807, 2.05) is 26.8 Å². The molecule has 0 spiro atoms. The molecule has 1 heterocycles. The van der Waals surface area contributed by atoms with Gasteiger partial charge in [-0.1, -0.05) is 25.1 Å². The van der Waals surface area contributed by atoms with E-state index in [0.717, 1.165) is 11.1 Å². The number of aliphatic hydroxyl groups excluding tert-OH is 1. The molecule has 2 N–H and O–H groups in total. The quantitative estimate of drug-likeness (QED) is 0.192. The van der Waals surface area contributed by atoms with Gasteiger partial charge in [0.15, 0.2) is 0 Å². The minimum atomic E-state index is -1.00. The third kappa shape index (κ3) is 4.85. The molecule has 3 aromatic carbocycles. The Morgan fingerprint density at radius 1 is 1.00 bits per heavy atom.